The highest BCUT2D eigenvalue weighted by atomic mass is 79.9. The smallest absolute Gasteiger partial charge is 0.238 e. The van der Waals surface area contributed by atoms with Gasteiger partial charge in [0.15, 0.2) is 0 Å². The molecule has 3 aromatic carbocycles. The SMILES string of the molecule is O=C(Nc1nnc(CCSc2ccc(Br)cc2)s1)C(c1ccccc1)c1ccccc1. The molecule has 1 heterocycles. The molecular formula is C24H20BrN3OS2. The molecule has 0 unspecified atom stereocenters. The lowest BCUT2D eigenvalue weighted by molar-refractivity contribution is -0.116. The van der Waals surface area contributed by atoms with E-state index in [1.807, 2.05) is 72.8 Å². The van der Waals surface area contributed by atoms with Crippen molar-refractivity contribution in [2.45, 2.75) is 17.2 Å². The molecule has 1 N–H and O–H groups in total. The topological polar surface area (TPSA) is 54.9 Å². The maximum Gasteiger partial charge on any atom is 0.238 e. The standard InChI is InChI=1S/C24H20BrN3OS2/c25-19-11-13-20(14-12-19)30-16-15-21-27-28-24(31-21)26-23(29)22(17-7-3-1-4-8-17)18-9-5-2-6-10-18/h1-14,22H,15-16H2,(H,26,28,29). The van der Waals surface area contributed by atoms with Crippen LogP contribution >= 0.6 is 39.0 Å². The monoisotopic (exact) mass is 509 g/mol. The van der Waals surface area contributed by atoms with Gasteiger partial charge in [0, 0.05) is 21.5 Å². The van der Waals surface area contributed by atoms with E-state index in [1.54, 1.807) is 11.8 Å². The molecule has 0 aliphatic rings. The summed E-state index contributed by atoms with van der Waals surface area (Å²) in [5.74, 6) is 0.396. The van der Waals surface area contributed by atoms with Crippen LogP contribution < -0.4 is 5.32 Å². The Morgan fingerprint density at radius 2 is 1.52 bits per heavy atom. The Morgan fingerprint density at radius 1 is 0.903 bits per heavy atom. The Labute approximate surface area is 198 Å². The fourth-order valence-corrected chi connectivity index (χ4v) is 5.15. The second kappa shape index (κ2) is 10.7. The zero-order chi connectivity index (χ0) is 21.5. The molecule has 156 valence electrons. The lowest BCUT2D eigenvalue weighted by Crippen LogP contribution is -2.22. The van der Waals surface area contributed by atoms with E-state index >= 15 is 0 Å². The van der Waals surface area contributed by atoms with E-state index in [0.717, 1.165) is 32.8 Å². The molecule has 0 atom stereocenters. The molecule has 4 aromatic rings. The zero-order valence-corrected chi connectivity index (χ0v) is 19.8. The molecule has 31 heavy (non-hydrogen) atoms. The number of aromatic nitrogens is 2. The first-order valence-corrected chi connectivity index (χ1v) is 12.4. The van der Waals surface area contributed by atoms with Crippen molar-refractivity contribution in [2.75, 3.05) is 11.1 Å². The van der Waals surface area contributed by atoms with Crippen molar-refractivity contribution in [1.29, 1.82) is 0 Å². The number of amides is 1. The van der Waals surface area contributed by atoms with Crippen molar-refractivity contribution in [1.82, 2.24) is 10.2 Å². The molecule has 0 spiro atoms. The van der Waals surface area contributed by atoms with Crippen LogP contribution in [0.25, 0.3) is 0 Å². The van der Waals surface area contributed by atoms with Crippen molar-refractivity contribution in [2.24, 2.45) is 0 Å². The fourth-order valence-electron chi connectivity index (χ4n) is 3.16. The van der Waals surface area contributed by atoms with Gasteiger partial charge in [-0.2, -0.15) is 0 Å². The molecular weight excluding hydrogens is 490 g/mol. The molecule has 0 bridgehead atoms. The molecule has 1 aromatic heterocycles. The Balaban J connectivity index is 1.40. The van der Waals surface area contributed by atoms with Crippen molar-refractivity contribution in [3.63, 3.8) is 0 Å². The minimum atomic E-state index is -0.400. The van der Waals surface area contributed by atoms with E-state index in [-0.39, 0.29) is 5.91 Å². The highest BCUT2D eigenvalue weighted by molar-refractivity contribution is 9.10. The fraction of sp³-hybridized carbons (Fsp3) is 0.125. The second-order valence-corrected chi connectivity index (χ2v) is 9.94. The van der Waals surface area contributed by atoms with Gasteiger partial charge in [-0.1, -0.05) is 87.9 Å². The van der Waals surface area contributed by atoms with Gasteiger partial charge in [0.1, 0.15) is 5.01 Å². The number of carbonyl (C=O) groups is 1. The largest absolute Gasteiger partial charge is 0.300 e. The van der Waals surface area contributed by atoms with Gasteiger partial charge < -0.3 is 0 Å². The number of rotatable bonds is 8. The van der Waals surface area contributed by atoms with Crippen LogP contribution in [0.3, 0.4) is 0 Å². The first-order chi connectivity index (χ1) is 15.2. The molecule has 4 nitrogen and oxygen atoms in total. The summed E-state index contributed by atoms with van der Waals surface area (Å²) in [7, 11) is 0. The Hall–Kier alpha value is -2.48. The number of halogens is 1. The summed E-state index contributed by atoms with van der Waals surface area (Å²) < 4.78 is 1.07. The third-order valence-electron chi connectivity index (χ3n) is 4.62. The highest BCUT2D eigenvalue weighted by Gasteiger charge is 2.23. The summed E-state index contributed by atoms with van der Waals surface area (Å²) in [5, 5.41) is 12.9. The lowest BCUT2D eigenvalue weighted by Gasteiger charge is -2.16. The van der Waals surface area contributed by atoms with Crippen molar-refractivity contribution in [3.05, 3.63) is 106 Å². The van der Waals surface area contributed by atoms with E-state index < -0.39 is 5.92 Å². The molecule has 0 saturated heterocycles. The maximum absolute atomic E-state index is 13.2. The molecule has 0 aliphatic carbocycles. The number of hydrogen-bond donors (Lipinski definition) is 1. The van der Waals surface area contributed by atoms with E-state index in [4.69, 9.17) is 0 Å². The van der Waals surface area contributed by atoms with Gasteiger partial charge in [0.25, 0.3) is 0 Å². The normalized spacial score (nSPS) is 10.9. The number of aryl methyl sites for hydroxylation is 1. The van der Waals surface area contributed by atoms with Crippen LogP contribution in [0.15, 0.2) is 94.3 Å². The van der Waals surface area contributed by atoms with Gasteiger partial charge in [0.2, 0.25) is 11.0 Å². The molecule has 7 heteroatoms. The summed E-state index contributed by atoms with van der Waals surface area (Å²) in [6.07, 6.45) is 0.801. The van der Waals surface area contributed by atoms with Crippen molar-refractivity contribution >= 4 is 50.1 Å². The lowest BCUT2D eigenvalue weighted by atomic mass is 9.90. The zero-order valence-electron chi connectivity index (χ0n) is 16.6. The van der Waals surface area contributed by atoms with Crippen LogP contribution in [0.4, 0.5) is 5.13 Å². The van der Waals surface area contributed by atoms with Crippen molar-refractivity contribution in [3.8, 4) is 0 Å². The first kappa shape index (κ1) is 21.7. The van der Waals surface area contributed by atoms with Crippen molar-refractivity contribution < 1.29 is 4.79 Å². The number of nitrogens with zero attached hydrogens (tertiary/aromatic N) is 2. The van der Waals surface area contributed by atoms with Crippen LogP contribution in [-0.4, -0.2) is 21.9 Å². The number of thioether (sulfide) groups is 1. The Bertz CT molecular complexity index is 1080. The van der Waals surface area contributed by atoms with Gasteiger partial charge in [-0.15, -0.1) is 22.0 Å². The van der Waals surface area contributed by atoms with Gasteiger partial charge in [-0.05, 0) is 35.4 Å². The summed E-state index contributed by atoms with van der Waals surface area (Å²) in [6.45, 7) is 0. The van der Waals surface area contributed by atoms with Gasteiger partial charge >= 0.3 is 0 Å². The summed E-state index contributed by atoms with van der Waals surface area (Å²) in [6, 6.07) is 27.9. The average molecular weight is 510 g/mol. The van der Waals surface area contributed by atoms with E-state index in [0.29, 0.717) is 5.13 Å². The van der Waals surface area contributed by atoms with Crippen LogP contribution in [0.2, 0.25) is 0 Å². The van der Waals surface area contributed by atoms with E-state index in [1.165, 1.54) is 16.2 Å². The number of anilines is 1. The van der Waals surface area contributed by atoms with Crippen LogP contribution in [0.1, 0.15) is 22.1 Å². The highest BCUT2D eigenvalue weighted by Crippen LogP contribution is 2.28. The quantitative estimate of drug-likeness (QED) is 0.279. The van der Waals surface area contributed by atoms with Crippen LogP contribution in [-0.2, 0) is 11.2 Å². The van der Waals surface area contributed by atoms with Crippen LogP contribution in [0, 0.1) is 0 Å². The number of nitrogens with one attached hydrogen (secondary N) is 1. The molecule has 1 amide bonds. The van der Waals surface area contributed by atoms with Crippen LogP contribution in [0.5, 0.6) is 0 Å². The minimum Gasteiger partial charge on any atom is -0.300 e. The molecule has 4 rings (SSSR count). The predicted octanol–water partition coefficient (Wildman–Crippen LogP) is 6.41. The average Bonchev–Trinajstić information content (AvgIpc) is 3.24. The Kier molecular flexibility index (Phi) is 7.51. The number of benzene rings is 3. The Morgan fingerprint density at radius 3 is 2.13 bits per heavy atom. The minimum absolute atomic E-state index is 0.107. The third-order valence-corrected chi connectivity index (χ3v) is 7.06. The third kappa shape index (κ3) is 6.03. The van der Waals surface area contributed by atoms with Gasteiger partial charge in [-0.3, -0.25) is 10.1 Å². The molecule has 0 saturated carbocycles. The first-order valence-electron chi connectivity index (χ1n) is 9.80. The number of hydrogen-bond acceptors (Lipinski definition) is 5. The summed E-state index contributed by atoms with van der Waals surface area (Å²) in [5.41, 5.74) is 1.89. The molecule has 0 aliphatic heterocycles. The second-order valence-electron chi connectivity index (χ2n) is 6.80. The molecule has 0 fully saturated rings. The maximum atomic E-state index is 13.2. The van der Waals surface area contributed by atoms with E-state index in [2.05, 4.69) is 43.6 Å². The van der Waals surface area contributed by atoms with E-state index in [9.17, 15) is 4.79 Å². The summed E-state index contributed by atoms with van der Waals surface area (Å²) in [4.78, 5) is 14.4. The molecule has 0 radical (unpaired) electrons. The summed E-state index contributed by atoms with van der Waals surface area (Å²) >= 11 is 6.66. The number of carbonyl (C=O) groups excluding carboxylic acids is 1. The predicted molar refractivity (Wildman–Crippen MR) is 132 cm³/mol. The van der Waals surface area contributed by atoms with Gasteiger partial charge in [0.05, 0.1) is 5.92 Å². The van der Waals surface area contributed by atoms with Gasteiger partial charge in [-0.25, -0.2) is 0 Å².